The molecule has 42 heavy (non-hydrogen) atoms. The van der Waals surface area contributed by atoms with Crippen LogP contribution in [0.15, 0.2) is 60.7 Å². The first-order valence-electron chi connectivity index (χ1n) is 15.7. The largest absolute Gasteiger partial charge is 0.394 e. The maximum absolute atomic E-state index is 14.6. The highest BCUT2D eigenvalue weighted by atomic mass is 16.5. The number of carbonyl (C=O) groups is 3. The van der Waals surface area contributed by atoms with Gasteiger partial charge < -0.3 is 25.4 Å². The summed E-state index contributed by atoms with van der Waals surface area (Å²) >= 11 is 0. The lowest BCUT2D eigenvalue weighted by Crippen LogP contribution is -2.59. The number of ether oxygens (including phenoxy) is 1. The number of likely N-dealkylation sites (tertiary alicyclic amines) is 1. The van der Waals surface area contributed by atoms with Crippen molar-refractivity contribution >= 4 is 17.7 Å². The molecule has 2 unspecified atom stereocenters. The quantitative estimate of drug-likeness (QED) is 0.403. The number of fused-ring (bicyclic) bond motifs is 1. The van der Waals surface area contributed by atoms with Gasteiger partial charge in [0.05, 0.1) is 30.1 Å². The minimum absolute atomic E-state index is 0.0593. The maximum atomic E-state index is 14.6. The molecule has 0 radical (unpaired) electrons. The van der Waals surface area contributed by atoms with Crippen LogP contribution in [0.2, 0.25) is 0 Å². The van der Waals surface area contributed by atoms with Gasteiger partial charge in [-0.2, -0.15) is 0 Å². The first-order valence-corrected chi connectivity index (χ1v) is 15.7. The summed E-state index contributed by atoms with van der Waals surface area (Å²) in [6.45, 7) is 2.07. The molecule has 3 heterocycles. The van der Waals surface area contributed by atoms with Gasteiger partial charge in [-0.15, -0.1) is 0 Å². The molecule has 4 fully saturated rings. The molecular weight excluding hydrogens is 530 g/mol. The number of rotatable bonds is 10. The van der Waals surface area contributed by atoms with Crippen molar-refractivity contribution in [2.24, 2.45) is 11.8 Å². The Labute approximate surface area is 248 Å². The fourth-order valence-electron chi connectivity index (χ4n) is 8.31. The molecule has 8 nitrogen and oxygen atoms in total. The molecule has 4 aliphatic rings. The molecule has 3 amide bonds. The molecule has 6 atom stereocenters. The summed E-state index contributed by atoms with van der Waals surface area (Å²) in [4.78, 5) is 44.4. The van der Waals surface area contributed by atoms with Gasteiger partial charge in [-0.05, 0) is 49.7 Å². The van der Waals surface area contributed by atoms with Gasteiger partial charge in [0.2, 0.25) is 17.7 Å². The predicted octanol–water partition coefficient (Wildman–Crippen LogP) is 3.51. The molecule has 2 aromatic rings. The molecule has 3 aliphatic heterocycles. The highest BCUT2D eigenvalue weighted by Crippen LogP contribution is 2.64. The summed E-state index contributed by atoms with van der Waals surface area (Å²) in [5.41, 5.74) is 0.0373. The van der Waals surface area contributed by atoms with Gasteiger partial charge in [0.25, 0.3) is 0 Å². The number of amides is 3. The molecule has 1 saturated carbocycles. The zero-order valence-corrected chi connectivity index (χ0v) is 24.5. The zero-order valence-electron chi connectivity index (χ0n) is 24.5. The Balaban J connectivity index is 1.35. The van der Waals surface area contributed by atoms with E-state index >= 15 is 0 Å². The third-order valence-electron chi connectivity index (χ3n) is 10.3. The lowest BCUT2D eigenvalue weighted by molar-refractivity contribution is -0.151. The van der Waals surface area contributed by atoms with E-state index in [0.29, 0.717) is 32.2 Å². The van der Waals surface area contributed by atoms with Crippen molar-refractivity contribution in [2.45, 2.75) is 101 Å². The van der Waals surface area contributed by atoms with Crippen molar-refractivity contribution < 1.29 is 24.2 Å². The minimum Gasteiger partial charge on any atom is -0.394 e. The number of aliphatic hydroxyl groups is 1. The summed E-state index contributed by atoms with van der Waals surface area (Å²) in [6, 6.07) is 18.0. The first-order chi connectivity index (χ1) is 20.4. The van der Waals surface area contributed by atoms with Crippen molar-refractivity contribution in [1.82, 2.24) is 15.5 Å². The molecule has 2 aromatic carbocycles. The SMILES string of the molecule is CC[C@@]12CCC3(O1)C(C(=O)NC1CCCCC1)N([C@@H](CO)Cc1ccccc1)C(=O)[C@@H]3[C@@H]2C(=O)NCc1ccccc1. The number of nitrogens with one attached hydrogen (secondary N) is 2. The fourth-order valence-corrected chi connectivity index (χ4v) is 8.31. The van der Waals surface area contributed by atoms with Crippen LogP contribution in [0.3, 0.4) is 0 Å². The second kappa shape index (κ2) is 11.8. The van der Waals surface area contributed by atoms with Gasteiger partial charge in [-0.25, -0.2) is 0 Å². The maximum Gasteiger partial charge on any atom is 0.246 e. The van der Waals surface area contributed by atoms with Gasteiger partial charge in [0.15, 0.2) is 0 Å². The molecule has 1 spiro atoms. The van der Waals surface area contributed by atoms with Crippen LogP contribution in [0.1, 0.15) is 69.4 Å². The zero-order chi connectivity index (χ0) is 29.3. The van der Waals surface area contributed by atoms with Crippen molar-refractivity contribution in [3.8, 4) is 0 Å². The van der Waals surface area contributed by atoms with E-state index in [1.54, 1.807) is 4.90 Å². The highest BCUT2D eigenvalue weighted by molar-refractivity contribution is 5.99. The first kappa shape index (κ1) is 28.9. The summed E-state index contributed by atoms with van der Waals surface area (Å²) in [5.74, 6) is -2.19. The van der Waals surface area contributed by atoms with E-state index < -0.39 is 35.1 Å². The van der Waals surface area contributed by atoms with Crippen molar-refractivity contribution in [1.29, 1.82) is 0 Å². The molecule has 8 heteroatoms. The van der Waals surface area contributed by atoms with Crippen LogP contribution in [0.5, 0.6) is 0 Å². The summed E-state index contributed by atoms with van der Waals surface area (Å²) in [6.07, 6.45) is 7.26. The van der Waals surface area contributed by atoms with E-state index in [-0.39, 0.29) is 30.4 Å². The third kappa shape index (κ3) is 4.92. The van der Waals surface area contributed by atoms with Gasteiger partial charge in [-0.1, -0.05) is 86.8 Å². The standard InChI is InChI=1S/C34H43N3O5/c1-2-33-18-19-34(42-33)28(27(33)30(39)35-21-24-14-8-4-9-15-24)32(41)37(26(22-38)20-23-12-6-3-7-13-23)29(34)31(40)36-25-16-10-5-11-17-25/h3-4,6-9,12-15,25-29,38H,2,5,10-11,16-22H2,1H3,(H,35,39)(H,36,40)/t26-,27-,28+,29?,33+,34?/m1/s1. The van der Waals surface area contributed by atoms with Gasteiger partial charge in [0, 0.05) is 12.6 Å². The van der Waals surface area contributed by atoms with Crippen LogP contribution < -0.4 is 10.6 Å². The van der Waals surface area contributed by atoms with Crippen molar-refractivity contribution in [3.05, 3.63) is 71.8 Å². The Morgan fingerprint density at radius 1 is 0.976 bits per heavy atom. The molecule has 0 aromatic heterocycles. The van der Waals surface area contributed by atoms with Crippen LogP contribution in [0, 0.1) is 11.8 Å². The predicted molar refractivity (Wildman–Crippen MR) is 158 cm³/mol. The molecule has 3 saturated heterocycles. The average molecular weight is 574 g/mol. The number of nitrogens with zero attached hydrogens (tertiary/aromatic N) is 1. The van der Waals surface area contributed by atoms with Crippen LogP contribution in [0.4, 0.5) is 0 Å². The molecule has 6 rings (SSSR count). The summed E-state index contributed by atoms with van der Waals surface area (Å²) < 4.78 is 6.91. The Kier molecular flexibility index (Phi) is 8.11. The number of hydrogen-bond acceptors (Lipinski definition) is 5. The van der Waals surface area contributed by atoms with E-state index in [1.165, 1.54) is 0 Å². The normalized spacial score (nSPS) is 31.1. The van der Waals surface area contributed by atoms with E-state index in [2.05, 4.69) is 10.6 Å². The third-order valence-corrected chi connectivity index (χ3v) is 10.3. The smallest absolute Gasteiger partial charge is 0.246 e. The van der Waals surface area contributed by atoms with Crippen LogP contribution in [-0.4, -0.2) is 63.7 Å². The van der Waals surface area contributed by atoms with Crippen molar-refractivity contribution in [3.63, 3.8) is 0 Å². The molecule has 1 aliphatic carbocycles. The highest BCUT2D eigenvalue weighted by Gasteiger charge is 2.79. The number of hydrogen-bond donors (Lipinski definition) is 3. The van der Waals surface area contributed by atoms with Crippen LogP contribution >= 0.6 is 0 Å². The Morgan fingerprint density at radius 2 is 1.64 bits per heavy atom. The van der Waals surface area contributed by atoms with E-state index in [0.717, 1.165) is 43.2 Å². The number of carbonyl (C=O) groups excluding carboxylic acids is 3. The molecule has 3 N–H and O–H groups in total. The second-order valence-corrected chi connectivity index (χ2v) is 12.7. The number of aliphatic hydroxyl groups excluding tert-OH is 1. The van der Waals surface area contributed by atoms with Crippen LogP contribution in [0.25, 0.3) is 0 Å². The van der Waals surface area contributed by atoms with E-state index in [9.17, 15) is 19.5 Å². The topological polar surface area (TPSA) is 108 Å². The lowest BCUT2D eigenvalue weighted by atomic mass is 9.65. The van der Waals surface area contributed by atoms with Gasteiger partial charge in [-0.3, -0.25) is 14.4 Å². The fraction of sp³-hybridized carbons (Fsp3) is 0.559. The van der Waals surface area contributed by atoms with E-state index in [1.807, 2.05) is 67.6 Å². The summed E-state index contributed by atoms with van der Waals surface area (Å²) in [7, 11) is 0. The minimum atomic E-state index is -1.11. The molecule has 224 valence electrons. The van der Waals surface area contributed by atoms with E-state index in [4.69, 9.17) is 4.74 Å². The van der Waals surface area contributed by atoms with Crippen molar-refractivity contribution in [2.75, 3.05) is 6.61 Å². The monoisotopic (exact) mass is 573 g/mol. The lowest BCUT2D eigenvalue weighted by Gasteiger charge is -2.38. The second-order valence-electron chi connectivity index (χ2n) is 12.7. The molecular formula is C34H43N3O5. The Bertz CT molecular complexity index is 1280. The average Bonchev–Trinajstić information content (AvgIpc) is 3.63. The van der Waals surface area contributed by atoms with Gasteiger partial charge in [0.1, 0.15) is 11.6 Å². The Hall–Kier alpha value is -3.23. The molecule has 2 bridgehead atoms. The summed E-state index contributed by atoms with van der Waals surface area (Å²) in [5, 5.41) is 17.0. The van der Waals surface area contributed by atoms with Crippen LogP contribution in [-0.2, 0) is 32.1 Å². The Morgan fingerprint density at radius 3 is 2.29 bits per heavy atom. The number of benzene rings is 2. The van der Waals surface area contributed by atoms with Gasteiger partial charge >= 0.3 is 0 Å².